The average molecular weight is 223 g/mol. The number of carbonyl (C=O) groups is 1. The Labute approximate surface area is 94.7 Å². The van der Waals surface area contributed by atoms with Crippen molar-refractivity contribution in [3.05, 3.63) is 17.3 Å². The van der Waals surface area contributed by atoms with E-state index in [9.17, 15) is 4.79 Å². The minimum atomic E-state index is -0.788. The second kappa shape index (κ2) is 4.68. The number of aliphatic carboxylic acids is 1. The number of hydrogen-bond acceptors (Lipinski definition) is 3. The van der Waals surface area contributed by atoms with Gasteiger partial charge in [0.05, 0.1) is 12.1 Å². The van der Waals surface area contributed by atoms with E-state index in [0.717, 1.165) is 36.6 Å². The first-order valence-electron chi connectivity index (χ1n) is 5.91. The van der Waals surface area contributed by atoms with Crippen LogP contribution in [-0.2, 0) is 17.6 Å². The molecular weight excluding hydrogens is 206 g/mol. The maximum Gasteiger partial charge on any atom is 0.303 e. The molecule has 0 radical (unpaired) electrons. The van der Waals surface area contributed by atoms with Crippen molar-refractivity contribution >= 4 is 5.97 Å². The van der Waals surface area contributed by atoms with Crippen LogP contribution in [0.1, 0.15) is 55.9 Å². The van der Waals surface area contributed by atoms with E-state index in [1.807, 2.05) is 6.92 Å². The molecule has 1 saturated carbocycles. The highest BCUT2D eigenvalue weighted by Gasteiger charge is 2.26. The number of hydrogen-bond donors (Lipinski definition) is 1. The largest absolute Gasteiger partial charge is 0.481 e. The van der Waals surface area contributed by atoms with Gasteiger partial charge in [0, 0.05) is 12.3 Å². The van der Waals surface area contributed by atoms with E-state index < -0.39 is 5.97 Å². The fraction of sp³-hybridized carbons (Fsp3) is 0.667. The fourth-order valence-electron chi connectivity index (χ4n) is 1.93. The summed E-state index contributed by atoms with van der Waals surface area (Å²) in [5.41, 5.74) is 0.933. The third kappa shape index (κ3) is 2.26. The van der Waals surface area contributed by atoms with Crippen LogP contribution >= 0.6 is 0 Å². The summed E-state index contributed by atoms with van der Waals surface area (Å²) < 4.78 is 5.69. The SMILES string of the molecule is CCc1nc(C2CCC2)oc1CCC(=O)O. The topological polar surface area (TPSA) is 63.3 Å². The highest BCUT2D eigenvalue weighted by molar-refractivity contribution is 5.66. The Kier molecular flexibility index (Phi) is 3.27. The number of nitrogens with zero attached hydrogens (tertiary/aromatic N) is 1. The number of carboxylic acids is 1. The molecule has 0 spiro atoms. The van der Waals surface area contributed by atoms with E-state index in [2.05, 4.69) is 4.98 Å². The highest BCUT2D eigenvalue weighted by Crippen LogP contribution is 2.36. The van der Waals surface area contributed by atoms with Crippen molar-refractivity contribution in [2.75, 3.05) is 0 Å². The van der Waals surface area contributed by atoms with Crippen molar-refractivity contribution in [3.63, 3.8) is 0 Å². The van der Waals surface area contributed by atoms with Gasteiger partial charge in [-0.2, -0.15) is 0 Å². The molecule has 1 heterocycles. The maximum atomic E-state index is 10.5. The summed E-state index contributed by atoms with van der Waals surface area (Å²) in [5, 5.41) is 8.65. The van der Waals surface area contributed by atoms with Crippen LogP contribution in [0.4, 0.5) is 0 Å². The maximum absolute atomic E-state index is 10.5. The third-order valence-corrected chi connectivity index (χ3v) is 3.15. The van der Waals surface area contributed by atoms with Crippen molar-refractivity contribution in [1.29, 1.82) is 0 Å². The third-order valence-electron chi connectivity index (χ3n) is 3.15. The normalized spacial score (nSPS) is 16.1. The van der Waals surface area contributed by atoms with Gasteiger partial charge >= 0.3 is 5.97 Å². The van der Waals surface area contributed by atoms with Gasteiger partial charge in [-0.25, -0.2) is 4.98 Å². The first kappa shape index (κ1) is 11.2. The van der Waals surface area contributed by atoms with Gasteiger partial charge in [-0.15, -0.1) is 0 Å². The molecule has 1 aromatic heterocycles. The lowest BCUT2D eigenvalue weighted by atomic mass is 9.85. The molecule has 1 fully saturated rings. The van der Waals surface area contributed by atoms with Gasteiger partial charge in [-0.3, -0.25) is 4.79 Å². The molecule has 0 bridgehead atoms. The van der Waals surface area contributed by atoms with Gasteiger partial charge in [-0.05, 0) is 19.3 Å². The summed E-state index contributed by atoms with van der Waals surface area (Å²) in [4.78, 5) is 15.0. The van der Waals surface area contributed by atoms with E-state index in [1.54, 1.807) is 0 Å². The van der Waals surface area contributed by atoms with Crippen molar-refractivity contribution in [1.82, 2.24) is 4.98 Å². The molecule has 0 aromatic carbocycles. The summed E-state index contributed by atoms with van der Waals surface area (Å²) >= 11 is 0. The Balaban J connectivity index is 2.09. The van der Waals surface area contributed by atoms with Gasteiger partial charge in [0.15, 0.2) is 5.89 Å². The Hall–Kier alpha value is -1.32. The van der Waals surface area contributed by atoms with Gasteiger partial charge in [0.25, 0.3) is 0 Å². The van der Waals surface area contributed by atoms with Crippen LogP contribution in [-0.4, -0.2) is 16.1 Å². The lowest BCUT2D eigenvalue weighted by Crippen LogP contribution is -2.08. The Bertz CT molecular complexity index is 380. The summed E-state index contributed by atoms with van der Waals surface area (Å²) in [6, 6.07) is 0. The van der Waals surface area contributed by atoms with E-state index in [1.165, 1.54) is 6.42 Å². The monoisotopic (exact) mass is 223 g/mol. The van der Waals surface area contributed by atoms with Crippen LogP contribution in [0.15, 0.2) is 4.42 Å². The van der Waals surface area contributed by atoms with E-state index in [0.29, 0.717) is 12.3 Å². The Morgan fingerprint density at radius 1 is 1.56 bits per heavy atom. The van der Waals surface area contributed by atoms with Crippen molar-refractivity contribution in [2.45, 2.75) is 51.4 Å². The summed E-state index contributed by atoms with van der Waals surface area (Å²) in [5.74, 6) is 1.28. The zero-order valence-corrected chi connectivity index (χ0v) is 9.53. The van der Waals surface area contributed by atoms with E-state index in [4.69, 9.17) is 9.52 Å². The minimum absolute atomic E-state index is 0.117. The molecule has 1 aliphatic carbocycles. The lowest BCUT2D eigenvalue weighted by molar-refractivity contribution is -0.137. The standard InChI is InChI=1S/C12H17NO3/c1-2-9-10(6-7-11(14)15)16-12(13-9)8-4-3-5-8/h8H,2-7H2,1H3,(H,14,15). The highest BCUT2D eigenvalue weighted by atomic mass is 16.4. The fourth-order valence-corrected chi connectivity index (χ4v) is 1.93. The van der Waals surface area contributed by atoms with Crippen LogP contribution in [0, 0.1) is 0 Å². The molecule has 0 aliphatic heterocycles. The predicted octanol–water partition coefficient (Wildman–Crippen LogP) is 2.52. The first-order chi connectivity index (χ1) is 7.70. The van der Waals surface area contributed by atoms with Crippen molar-refractivity contribution in [3.8, 4) is 0 Å². The molecule has 1 N–H and O–H groups in total. The van der Waals surface area contributed by atoms with Crippen LogP contribution in [0.25, 0.3) is 0 Å². The molecule has 0 unspecified atom stereocenters. The second-order valence-corrected chi connectivity index (χ2v) is 4.30. The van der Waals surface area contributed by atoms with E-state index >= 15 is 0 Å². The molecule has 4 nitrogen and oxygen atoms in total. The van der Waals surface area contributed by atoms with Gasteiger partial charge in [0.1, 0.15) is 5.76 Å². The summed E-state index contributed by atoms with van der Waals surface area (Å²) in [6.07, 6.45) is 4.94. The number of aromatic nitrogens is 1. The Morgan fingerprint density at radius 3 is 2.81 bits per heavy atom. The smallest absolute Gasteiger partial charge is 0.303 e. The lowest BCUT2D eigenvalue weighted by Gasteiger charge is -2.21. The number of aryl methyl sites for hydroxylation is 2. The predicted molar refractivity (Wildman–Crippen MR) is 58.4 cm³/mol. The van der Waals surface area contributed by atoms with Crippen molar-refractivity contribution in [2.24, 2.45) is 0 Å². The zero-order chi connectivity index (χ0) is 11.5. The molecule has 1 aromatic rings. The molecule has 88 valence electrons. The first-order valence-corrected chi connectivity index (χ1v) is 5.91. The molecule has 4 heteroatoms. The molecule has 0 saturated heterocycles. The Morgan fingerprint density at radius 2 is 2.31 bits per heavy atom. The second-order valence-electron chi connectivity index (χ2n) is 4.30. The number of carboxylic acid groups (broad SMARTS) is 1. The quantitative estimate of drug-likeness (QED) is 0.833. The number of rotatable bonds is 5. The zero-order valence-electron chi connectivity index (χ0n) is 9.53. The molecule has 0 atom stereocenters. The van der Waals surface area contributed by atoms with Crippen LogP contribution in [0.2, 0.25) is 0 Å². The molecule has 2 rings (SSSR count). The van der Waals surface area contributed by atoms with Gasteiger partial charge < -0.3 is 9.52 Å². The van der Waals surface area contributed by atoms with E-state index in [-0.39, 0.29) is 6.42 Å². The minimum Gasteiger partial charge on any atom is -0.481 e. The molecule has 1 aliphatic rings. The molecular formula is C12H17NO3. The molecule has 16 heavy (non-hydrogen) atoms. The number of oxazole rings is 1. The van der Waals surface area contributed by atoms with Crippen LogP contribution in [0.5, 0.6) is 0 Å². The average Bonchev–Trinajstić information content (AvgIpc) is 2.55. The van der Waals surface area contributed by atoms with Gasteiger partial charge in [0.2, 0.25) is 0 Å². The summed E-state index contributed by atoms with van der Waals surface area (Å²) in [7, 11) is 0. The van der Waals surface area contributed by atoms with Crippen LogP contribution < -0.4 is 0 Å². The molecule has 0 amide bonds. The van der Waals surface area contributed by atoms with Crippen LogP contribution in [0.3, 0.4) is 0 Å². The summed E-state index contributed by atoms with van der Waals surface area (Å²) in [6.45, 7) is 2.02. The van der Waals surface area contributed by atoms with Gasteiger partial charge in [-0.1, -0.05) is 13.3 Å². The van der Waals surface area contributed by atoms with Crippen molar-refractivity contribution < 1.29 is 14.3 Å².